The molecule has 0 bridgehead atoms. The lowest BCUT2D eigenvalue weighted by Crippen LogP contribution is -2.67. The Balaban J connectivity index is 1.18. The molecule has 5 fully saturated rings. The van der Waals surface area contributed by atoms with Crippen LogP contribution in [0.2, 0.25) is 0 Å². The van der Waals surface area contributed by atoms with E-state index in [-0.39, 0.29) is 0 Å². The number of aliphatic hydroxyl groups excluding tert-OH is 15. The molecule has 5 saturated heterocycles. The fraction of sp³-hybridized carbons (Fsp3) is 1.00. The van der Waals surface area contributed by atoms with Gasteiger partial charge in [0.05, 0.1) is 32.5 Å². The third kappa shape index (κ3) is 8.81. The Hall–Kier alpha value is -0.960. The molecular weight excluding hydrogens is 732 g/mol. The summed E-state index contributed by atoms with van der Waals surface area (Å²) in [5.41, 5.74) is 0. The molecule has 24 heteroatoms. The largest absolute Gasteiger partial charge is 0.394 e. The summed E-state index contributed by atoms with van der Waals surface area (Å²) in [7, 11) is 0. The van der Waals surface area contributed by atoms with Gasteiger partial charge < -0.3 is 119 Å². The number of hydrogen-bond acceptors (Lipinski definition) is 24. The van der Waals surface area contributed by atoms with Gasteiger partial charge in [0, 0.05) is 0 Å². The normalized spacial score (nSPS) is 54.1. The minimum atomic E-state index is -2.03. The molecule has 310 valence electrons. The summed E-state index contributed by atoms with van der Waals surface area (Å²) in [6.07, 6.45) is -40.8. The highest BCUT2D eigenvalue weighted by molar-refractivity contribution is 4.97. The molecule has 24 atom stereocenters. The molecule has 5 rings (SSSR count). The number of ether oxygens (including phenoxy) is 9. The maximum Gasteiger partial charge on any atom is 0.187 e. The summed E-state index contributed by atoms with van der Waals surface area (Å²) in [5, 5.41) is 155. The molecule has 0 aromatic carbocycles. The summed E-state index contributed by atoms with van der Waals surface area (Å²) in [4.78, 5) is 0. The van der Waals surface area contributed by atoms with Crippen LogP contribution in [-0.4, -0.2) is 250 Å². The van der Waals surface area contributed by atoms with E-state index < -0.39 is 174 Å². The van der Waals surface area contributed by atoms with Gasteiger partial charge in [0.25, 0.3) is 0 Å². The quantitative estimate of drug-likeness (QED) is 0.0925. The second-order valence-corrected chi connectivity index (χ2v) is 13.5. The maximum atomic E-state index is 11.0. The monoisotopic (exact) mass is 782 g/mol. The molecule has 5 aliphatic heterocycles. The molecule has 24 unspecified atom stereocenters. The predicted molar refractivity (Wildman–Crippen MR) is 159 cm³/mol. The van der Waals surface area contributed by atoms with E-state index >= 15 is 0 Å². The van der Waals surface area contributed by atoms with E-state index in [1.54, 1.807) is 0 Å². The molecule has 0 radical (unpaired) electrons. The standard InChI is InChI=1S/C29H50O24/c1-6-22(14(36)17(39)25(44)46-6)51-26-18(40)12(34)10(5-45-26)50-27-20(42)15(37)23(8(3-31)48-27)53-29-21(43)16(38)24(9(4-32)49-29)52-28-19(41)13(35)11(33)7(2-30)47-28/h6-44H,2-5H2,1H3. The first-order chi connectivity index (χ1) is 25.0. The fourth-order valence-corrected chi connectivity index (χ4v) is 6.70. The first kappa shape index (κ1) is 43.2. The minimum Gasteiger partial charge on any atom is -0.394 e. The third-order valence-corrected chi connectivity index (χ3v) is 9.90. The van der Waals surface area contributed by atoms with Crippen LogP contribution < -0.4 is 0 Å². The molecule has 5 aliphatic rings. The van der Waals surface area contributed by atoms with Crippen molar-refractivity contribution in [3.05, 3.63) is 0 Å². The number of aliphatic hydroxyl groups is 15. The van der Waals surface area contributed by atoms with Gasteiger partial charge in [0.15, 0.2) is 31.5 Å². The average molecular weight is 783 g/mol. The fourth-order valence-electron chi connectivity index (χ4n) is 6.70. The van der Waals surface area contributed by atoms with Crippen molar-refractivity contribution in [3.63, 3.8) is 0 Å². The van der Waals surface area contributed by atoms with Gasteiger partial charge in [-0.3, -0.25) is 0 Å². The topological polar surface area (TPSA) is 387 Å². The lowest BCUT2D eigenvalue weighted by Gasteiger charge is -2.48. The van der Waals surface area contributed by atoms with Crippen molar-refractivity contribution >= 4 is 0 Å². The summed E-state index contributed by atoms with van der Waals surface area (Å²) < 4.78 is 49.1. The van der Waals surface area contributed by atoms with Crippen molar-refractivity contribution in [1.29, 1.82) is 0 Å². The van der Waals surface area contributed by atoms with E-state index in [1.165, 1.54) is 6.92 Å². The van der Waals surface area contributed by atoms with E-state index in [0.717, 1.165) is 0 Å². The van der Waals surface area contributed by atoms with Crippen LogP contribution in [0.15, 0.2) is 0 Å². The summed E-state index contributed by atoms with van der Waals surface area (Å²) in [5.74, 6) is 0. The van der Waals surface area contributed by atoms with Crippen molar-refractivity contribution < 1.29 is 119 Å². The minimum absolute atomic E-state index is 0.520. The van der Waals surface area contributed by atoms with E-state index in [0.29, 0.717) is 0 Å². The van der Waals surface area contributed by atoms with Crippen molar-refractivity contribution in [2.45, 2.75) is 154 Å². The third-order valence-electron chi connectivity index (χ3n) is 9.90. The molecule has 15 N–H and O–H groups in total. The van der Waals surface area contributed by atoms with Crippen LogP contribution in [0.25, 0.3) is 0 Å². The zero-order valence-electron chi connectivity index (χ0n) is 28.1. The number of rotatable bonds is 11. The average Bonchev–Trinajstić information content (AvgIpc) is 3.14. The lowest BCUT2D eigenvalue weighted by molar-refractivity contribution is -0.386. The Morgan fingerprint density at radius 2 is 0.830 bits per heavy atom. The molecule has 0 aromatic rings. The van der Waals surface area contributed by atoms with E-state index in [9.17, 15) is 76.6 Å². The lowest BCUT2D eigenvalue weighted by atomic mass is 9.96. The van der Waals surface area contributed by atoms with Crippen molar-refractivity contribution in [2.24, 2.45) is 0 Å². The van der Waals surface area contributed by atoms with E-state index in [2.05, 4.69) is 0 Å². The second kappa shape index (κ2) is 18.1. The molecule has 0 saturated carbocycles. The highest BCUT2D eigenvalue weighted by Gasteiger charge is 2.55. The Morgan fingerprint density at radius 3 is 1.34 bits per heavy atom. The molecule has 53 heavy (non-hydrogen) atoms. The van der Waals surface area contributed by atoms with Gasteiger partial charge in [-0.1, -0.05) is 0 Å². The predicted octanol–water partition coefficient (Wildman–Crippen LogP) is -10.3. The smallest absolute Gasteiger partial charge is 0.187 e. The molecule has 0 amide bonds. The summed E-state index contributed by atoms with van der Waals surface area (Å²) >= 11 is 0. The molecule has 5 heterocycles. The molecule has 0 aliphatic carbocycles. The van der Waals surface area contributed by atoms with Crippen molar-refractivity contribution in [1.82, 2.24) is 0 Å². The van der Waals surface area contributed by atoms with Crippen molar-refractivity contribution in [3.8, 4) is 0 Å². The van der Waals surface area contributed by atoms with Gasteiger partial charge in [0.1, 0.15) is 110 Å². The Labute approximate surface area is 300 Å². The van der Waals surface area contributed by atoms with Gasteiger partial charge in [0.2, 0.25) is 0 Å². The Kier molecular flexibility index (Phi) is 14.7. The van der Waals surface area contributed by atoms with Crippen LogP contribution in [0.3, 0.4) is 0 Å². The summed E-state index contributed by atoms with van der Waals surface area (Å²) in [6, 6.07) is 0. The van der Waals surface area contributed by atoms with Crippen molar-refractivity contribution in [2.75, 3.05) is 26.4 Å². The van der Waals surface area contributed by atoms with Crippen LogP contribution in [0, 0.1) is 0 Å². The van der Waals surface area contributed by atoms with E-state index in [4.69, 9.17) is 42.6 Å². The van der Waals surface area contributed by atoms with Crippen LogP contribution in [0.5, 0.6) is 0 Å². The second-order valence-electron chi connectivity index (χ2n) is 13.5. The first-order valence-corrected chi connectivity index (χ1v) is 16.9. The van der Waals surface area contributed by atoms with Gasteiger partial charge in [-0.05, 0) is 6.92 Å². The molecular formula is C29H50O24. The highest BCUT2D eigenvalue weighted by Crippen LogP contribution is 2.34. The Bertz CT molecular complexity index is 1140. The van der Waals surface area contributed by atoms with Gasteiger partial charge in [-0.25, -0.2) is 0 Å². The van der Waals surface area contributed by atoms with Crippen LogP contribution in [-0.2, 0) is 42.6 Å². The zero-order valence-corrected chi connectivity index (χ0v) is 28.1. The van der Waals surface area contributed by atoms with Gasteiger partial charge in [-0.2, -0.15) is 0 Å². The van der Waals surface area contributed by atoms with E-state index in [1.807, 2.05) is 0 Å². The van der Waals surface area contributed by atoms with Gasteiger partial charge >= 0.3 is 0 Å². The Morgan fingerprint density at radius 1 is 0.415 bits per heavy atom. The highest BCUT2D eigenvalue weighted by atomic mass is 16.8. The van der Waals surface area contributed by atoms with Gasteiger partial charge in [-0.15, -0.1) is 0 Å². The SMILES string of the molecule is CC1OC(O)C(O)C(O)C1OC1OCC(OC2OC(CO)C(OC3OC(CO)C(OC4OC(CO)C(O)C(O)C4O)C(O)C3O)C(O)C2O)C(O)C1O. The summed E-state index contributed by atoms with van der Waals surface area (Å²) in [6.45, 7) is -1.71. The zero-order chi connectivity index (χ0) is 39.0. The molecule has 0 spiro atoms. The molecule has 0 aromatic heterocycles. The van der Waals surface area contributed by atoms with Crippen LogP contribution in [0.4, 0.5) is 0 Å². The first-order valence-electron chi connectivity index (χ1n) is 16.9. The molecule has 24 nitrogen and oxygen atoms in total. The van der Waals surface area contributed by atoms with Crippen LogP contribution >= 0.6 is 0 Å². The maximum absolute atomic E-state index is 11.0. The number of hydrogen-bond donors (Lipinski definition) is 15. The van der Waals surface area contributed by atoms with Crippen LogP contribution in [0.1, 0.15) is 6.92 Å².